The van der Waals surface area contributed by atoms with Crippen molar-refractivity contribution >= 4 is 16.7 Å². The number of nitrogens with one attached hydrogen (secondary N) is 1. The minimum Gasteiger partial charge on any atom is -0.352 e. The average Bonchev–Trinajstić information content (AvgIpc) is 2.84. The number of carbonyl (C=O) groups excluding carboxylic acids is 1. The molecule has 22 heavy (non-hydrogen) atoms. The van der Waals surface area contributed by atoms with Crippen LogP contribution in [0.1, 0.15) is 25.8 Å². The van der Waals surface area contributed by atoms with Crippen molar-refractivity contribution in [3.63, 3.8) is 0 Å². The number of benzene rings is 2. The number of fused-ring (bicyclic) bond motifs is 1. The molecule has 0 bridgehead atoms. The molecule has 3 rings (SSSR count). The van der Waals surface area contributed by atoms with E-state index in [9.17, 15) is 4.79 Å². The Labute approximate surface area is 130 Å². The van der Waals surface area contributed by atoms with Crippen LogP contribution in [0, 0.1) is 0 Å². The van der Waals surface area contributed by atoms with E-state index < -0.39 is 5.79 Å². The van der Waals surface area contributed by atoms with Crippen LogP contribution in [0.5, 0.6) is 0 Å². The van der Waals surface area contributed by atoms with Crippen molar-refractivity contribution in [2.24, 2.45) is 0 Å². The van der Waals surface area contributed by atoms with Gasteiger partial charge in [-0.3, -0.25) is 4.79 Å². The summed E-state index contributed by atoms with van der Waals surface area (Å²) in [5.41, 5.74) is 1.08. The number of amides is 1. The van der Waals surface area contributed by atoms with Gasteiger partial charge in [0, 0.05) is 6.54 Å². The van der Waals surface area contributed by atoms with Gasteiger partial charge in [0.15, 0.2) is 5.79 Å². The summed E-state index contributed by atoms with van der Waals surface area (Å²) in [7, 11) is 0. The fourth-order valence-electron chi connectivity index (χ4n) is 2.78. The third-order valence-electron chi connectivity index (χ3n) is 3.86. The highest BCUT2D eigenvalue weighted by molar-refractivity contribution is 5.83. The lowest BCUT2D eigenvalue weighted by molar-refractivity contribution is -0.165. The van der Waals surface area contributed by atoms with Gasteiger partial charge >= 0.3 is 0 Å². The first-order chi connectivity index (χ1) is 10.5. The van der Waals surface area contributed by atoms with E-state index in [2.05, 4.69) is 29.6 Å². The zero-order valence-electron chi connectivity index (χ0n) is 13.0. The summed E-state index contributed by atoms with van der Waals surface area (Å²) in [4.78, 5) is 12.1. The van der Waals surface area contributed by atoms with Gasteiger partial charge in [-0.15, -0.1) is 0 Å². The predicted octanol–water partition coefficient (Wildman–Crippen LogP) is 3.00. The van der Waals surface area contributed by atoms with E-state index in [4.69, 9.17) is 9.47 Å². The Hall–Kier alpha value is -1.91. The molecule has 1 aliphatic rings. The molecular formula is C18H21NO3. The van der Waals surface area contributed by atoms with Crippen molar-refractivity contribution in [3.8, 4) is 0 Å². The van der Waals surface area contributed by atoms with Crippen molar-refractivity contribution in [3.05, 3.63) is 48.0 Å². The van der Waals surface area contributed by atoms with Crippen LogP contribution in [-0.4, -0.2) is 24.4 Å². The van der Waals surface area contributed by atoms with Gasteiger partial charge in [-0.2, -0.15) is 0 Å². The molecule has 1 fully saturated rings. The van der Waals surface area contributed by atoms with Gasteiger partial charge < -0.3 is 14.8 Å². The molecule has 0 radical (unpaired) electrons. The molecule has 4 nitrogen and oxygen atoms in total. The first-order valence-electron chi connectivity index (χ1n) is 7.60. The van der Waals surface area contributed by atoms with Crippen LogP contribution in [0.25, 0.3) is 10.8 Å². The summed E-state index contributed by atoms with van der Waals surface area (Å²) in [6.07, 6.45) is 0.253. The van der Waals surface area contributed by atoms with Gasteiger partial charge in [0.2, 0.25) is 5.91 Å². The van der Waals surface area contributed by atoms with Crippen LogP contribution in [0.4, 0.5) is 0 Å². The van der Waals surface area contributed by atoms with Gasteiger partial charge in [-0.1, -0.05) is 36.4 Å². The topological polar surface area (TPSA) is 47.6 Å². The normalized spacial score (nSPS) is 24.5. The Balaban J connectivity index is 1.58. The lowest BCUT2D eigenvalue weighted by Gasteiger charge is -2.22. The minimum atomic E-state index is -0.799. The lowest BCUT2D eigenvalue weighted by atomic mass is 10.1. The highest BCUT2D eigenvalue weighted by Gasteiger charge is 2.37. The van der Waals surface area contributed by atoms with E-state index in [1.165, 1.54) is 10.8 Å². The van der Waals surface area contributed by atoms with Crippen molar-refractivity contribution in [2.45, 2.75) is 38.7 Å². The number of hydrogen-bond donors (Lipinski definition) is 1. The Bertz CT molecular complexity index is 685. The zero-order chi connectivity index (χ0) is 15.6. The number of ether oxygens (including phenoxy) is 2. The Kier molecular flexibility index (Phi) is 4.14. The second kappa shape index (κ2) is 6.07. The van der Waals surface area contributed by atoms with Crippen LogP contribution in [0.15, 0.2) is 42.5 Å². The summed E-state index contributed by atoms with van der Waals surface area (Å²) < 4.78 is 11.2. The first kappa shape index (κ1) is 15.0. The third-order valence-corrected chi connectivity index (χ3v) is 3.86. The number of rotatable bonds is 4. The monoisotopic (exact) mass is 299 g/mol. The Morgan fingerprint density at radius 3 is 2.77 bits per heavy atom. The largest absolute Gasteiger partial charge is 0.352 e. The summed E-state index contributed by atoms with van der Waals surface area (Å²) in [6.45, 7) is 4.80. The smallest absolute Gasteiger partial charge is 0.225 e. The quantitative estimate of drug-likeness (QED) is 0.944. The molecule has 1 amide bonds. The maximum absolute atomic E-state index is 12.1. The summed E-state index contributed by atoms with van der Waals surface area (Å²) in [5, 5.41) is 5.31. The SMILES string of the molecule is CC1COC(C)(CC(=O)NCc2ccc3ccccc3c2)O1. The Morgan fingerprint density at radius 1 is 1.27 bits per heavy atom. The van der Waals surface area contributed by atoms with Crippen LogP contribution in [0.3, 0.4) is 0 Å². The summed E-state index contributed by atoms with van der Waals surface area (Å²) in [5.74, 6) is -0.864. The molecule has 1 heterocycles. The maximum Gasteiger partial charge on any atom is 0.225 e. The summed E-state index contributed by atoms with van der Waals surface area (Å²) >= 11 is 0. The van der Waals surface area contributed by atoms with E-state index in [-0.39, 0.29) is 18.4 Å². The molecule has 0 saturated carbocycles. The predicted molar refractivity (Wildman–Crippen MR) is 85.3 cm³/mol. The molecule has 0 aliphatic carbocycles. The van der Waals surface area contributed by atoms with Crippen LogP contribution < -0.4 is 5.32 Å². The van der Waals surface area contributed by atoms with E-state index in [1.807, 2.05) is 32.0 Å². The highest BCUT2D eigenvalue weighted by Crippen LogP contribution is 2.26. The van der Waals surface area contributed by atoms with Crippen molar-refractivity contribution < 1.29 is 14.3 Å². The third kappa shape index (κ3) is 3.46. The standard InChI is InChI=1S/C18H21NO3/c1-13-12-21-18(2,22-13)10-17(20)19-11-14-7-8-15-5-3-4-6-16(15)9-14/h3-9,13H,10-12H2,1-2H3,(H,19,20). The Morgan fingerprint density at radius 2 is 2.05 bits per heavy atom. The van der Waals surface area contributed by atoms with E-state index in [0.717, 1.165) is 5.56 Å². The average molecular weight is 299 g/mol. The van der Waals surface area contributed by atoms with Gasteiger partial charge in [0.05, 0.1) is 19.1 Å². The van der Waals surface area contributed by atoms with E-state index in [0.29, 0.717) is 13.2 Å². The molecule has 1 aliphatic heterocycles. The zero-order valence-corrected chi connectivity index (χ0v) is 13.0. The van der Waals surface area contributed by atoms with Crippen molar-refractivity contribution in [2.75, 3.05) is 6.61 Å². The number of hydrogen-bond acceptors (Lipinski definition) is 3. The van der Waals surface area contributed by atoms with Crippen molar-refractivity contribution in [1.29, 1.82) is 0 Å². The van der Waals surface area contributed by atoms with Gasteiger partial charge in [0.1, 0.15) is 0 Å². The fraction of sp³-hybridized carbons (Fsp3) is 0.389. The van der Waals surface area contributed by atoms with Gasteiger partial charge in [-0.25, -0.2) is 0 Å². The summed E-state index contributed by atoms with van der Waals surface area (Å²) in [6, 6.07) is 14.4. The van der Waals surface area contributed by atoms with Crippen molar-refractivity contribution in [1.82, 2.24) is 5.32 Å². The molecule has 2 unspecified atom stereocenters. The molecule has 4 heteroatoms. The molecule has 116 valence electrons. The van der Waals surface area contributed by atoms with E-state index >= 15 is 0 Å². The molecule has 1 N–H and O–H groups in total. The second-order valence-electron chi connectivity index (χ2n) is 6.01. The molecule has 2 aromatic rings. The number of carbonyl (C=O) groups is 1. The molecule has 2 aromatic carbocycles. The second-order valence-corrected chi connectivity index (χ2v) is 6.01. The van der Waals surface area contributed by atoms with E-state index in [1.54, 1.807) is 0 Å². The maximum atomic E-state index is 12.1. The lowest BCUT2D eigenvalue weighted by Crippen LogP contribution is -2.35. The van der Waals surface area contributed by atoms with Crippen LogP contribution in [0.2, 0.25) is 0 Å². The van der Waals surface area contributed by atoms with Crippen LogP contribution >= 0.6 is 0 Å². The minimum absolute atomic E-state index is 0.0401. The molecular weight excluding hydrogens is 278 g/mol. The molecule has 1 saturated heterocycles. The van der Waals surface area contributed by atoms with Gasteiger partial charge in [-0.05, 0) is 36.2 Å². The molecule has 0 spiro atoms. The molecule has 2 atom stereocenters. The van der Waals surface area contributed by atoms with Crippen LogP contribution in [-0.2, 0) is 20.8 Å². The van der Waals surface area contributed by atoms with Gasteiger partial charge in [0.25, 0.3) is 0 Å². The molecule has 0 aromatic heterocycles. The fourth-order valence-corrected chi connectivity index (χ4v) is 2.78. The first-order valence-corrected chi connectivity index (χ1v) is 7.60. The highest BCUT2D eigenvalue weighted by atomic mass is 16.7.